The molecule has 3 rings (SSSR count). The van der Waals surface area contributed by atoms with E-state index in [1.165, 1.54) is 0 Å². The molecular formula is C24H25NO. The molecule has 2 heteroatoms. The number of nitrogens with one attached hydrogen (secondary N) is 1. The minimum absolute atomic E-state index is 0.00992. The van der Waals surface area contributed by atoms with E-state index in [1.54, 1.807) is 0 Å². The molecule has 3 aromatic rings. The molecule has 3 aromatic carbocycles. The van der Waals surface area contributed by atoms with Gasteiger partial charge in [0.15, 0.2) is 0 Å². The average Bonchev–Trinajstić information content (AvgIpc) is 2.63. The fourth-order valence-electron chi connectivity index (χ4n) is 2.91. The summed E-state index contributed by atoms with van der Waals surface area (Å²) in [6, 6.07) is 24.7. The molecule has 26 heavy (non-hydrogen) atoms. The first-order valence-corrected chi connectivity index (χ1v) is 8.93. The van der Waals surface area contributed by atoms with Gasteiger partial charge in [-0.25, -0.2) is 0 Å². The molecule has 0 spiro atoms. The van der Waals surface area contributed by atoms with Crippen molar-refractivity contribution in [1.82, 2.24) is 0 Å². The second-order valence-corrected chi connectivity index (χ2v) is 7.67. The third kappa shape index (κ3) is 3.85. The summed E-state index contributed by atoms with van der Waals surface area (Å²) < 4.78 is 0. The second-order valence-electron chi connectivity index (χ2n) is 7.67. The van der Waals surface area contributed by atoms with Gasteiger partial charge in [-0.05, 0) is 35.7 Å². The zero-order valence-electron chi connectivity index (χ0n) is 15.8. The lowest BCUT2D eigenvalue weighted by Crippen LogP contribution is -2.28. The highest BCUT2D eigenvalue weighted by Gasteiger charge is 2.24. The number of hydrogen-bond acceptors (Lipinski definition) is 1. The highest BCUT2D eigenvalue weighted by Crippen LogP contribution is 2.39. The van der Waals surface area contributed by atoms with E-state index in [0.717, 1.165) is 33.5 Å². The molecule has 0 atom stereocenters. The summed E-state index contributed by atoms with van der Waals surface area (Å²) in [6.45, 7) is 7.89. The lowest BCUT2D eigenvalue weighted by Gasteiger charge is -2.22. The zero-order chi connectivity index (χ0) is 18.7. The minimum atomic E-state index is -0.465. The van der Waals surface area contributed by atoms with Gasteiger partial charge < -0.3 is 5.32 Å². The van der Waals surface area contributed by atoms with Crippen LogP contribution in [0.5, 0.6) is 0 Å². The van der Waals surface area contributed by atoms with Crippen LogP contribution in [0.15, 0.2) is 72.8 Å². The number of carbonyl (C=O) groups is 1. The van der Waals surface area contributed by atoms with E-state index in [9.17, 15) is 4.79 Å². The predicted molar refractivity (Wildman–Crippen MR) is 110 cm³/mol. The van der Waals surface area contributed by atoms with E-state index in [-0.39, 0.29) is 5.91 Å². The summed E-state index contributed by atoms with van der Waals surface area (Å²) in [5.74, 6) is 0.00992. The molecule has 0 aliphatic carbocycles. The van der Waals surface area contributed by atoms with Gasteiger partial charge in [-0.2, -0.15) is 0 Å². The number of benzene rings is 3. The van der Waals surface area contributed by atoms with Gasteiger partial charge in [0, 0.05) is 16.5 Å². The van der Waals surface area contributed by atoms with E-state index in [2.05, 4.69) is 48.6 Å². The van der Waals surface area contributed by atoms with Gasteiger partial charge in [-0.3, -0.25) is 4.79 Å². The number of rotatable bonds is 3. The van der Waals surface area contributed by atoms with E-state index < -0.39 is 5.41 Å². The van der Waals surface area contributed by atoms with E-state index in [0.29, 0.717) is 0 Å². The molecule has 0 radical (unpaired) electrons. The molecule has 0 heterocycles. The standard InChI is InChI=1S/C24H25NO/c1-17-15-20(18-11-7-5-8-12-18)22(25-23(26)24(2,3)4)21(16-17)19-13-9-6-10-14-19/h5-16H,1-4H3,(H,25,26). The summed E-state index contributed by atoms with van der Waals surface area (Å²) >= 11 is 0. The minimum Gasteiger partial charge on any atom is -0.325 e. The molecular weight excluding hydrogens is 318 g/mol. The molecule has 0 aromatic heterocycles. The second kappa shape index (κ2) is 7.17. The third-order valence-corrected chi connectivity index (χ3v) is 4.37. The Balaban J connectivity index is 2.24. The number of hydrogen-bond donors (Lipinski definition) is 1. The molecule has 0 fully saturated rings. The summed E-state index contributed by atoms with van der Waals surface area (Å²) in [7, 11) is 0. The normalized spacial score (nSPS) is 11.2. The van der Waals surface area contributed by atoms with Crippen molar-refractivity contribution in [2.75, 3.05) is 5.32 Å². The van der Waals surface area contributed by atoms with Crippen LogP contribution in [0.2, 0.25) is 0 Å². The Morgan fingerprint density at radius 3 is 1.58 bits per heavy atom. The van der Waals surface area contributed by atoms with Crippen LogP contribution < -0.4 is 5.32 Å². The molecule has 0 saturated carbocycles. The highest BCUT2D eigenvalue weighted by molar-refractivity contribution is 6.03. The van der Waals surface area contributed by atoms with Crippen molar-refractivity contribution >= 4 is 11.6 Å². The first-order valence-electron chi connectivity index (χ1n) is 8.93. The molecule has 1 N–H and O–H groups in total. The van der Waals surface area contributed by atoms with Gasteiger partial charge >= 0.3 is 0 Å². The van der Waals surface area contributed by atoms with Crippen molar-refractivity contribution in [3.63, 3.8) is 0 Å². The van der Waals surface area contributed by atoms with Gasteiger partial charge in [-0.1, -0.05) is 81.4 Å². The fourth-order valence-corrected chi connectivity index (χ4v) is 2.91. The van der Waals surface area contributed by atoms with Gasteiger partial charge in [-0.15, -0.1) is 0 Å². The van der Waals surface area contributed by atoms with Crippen molar-refractivity contribution in [3.05, 3.63) is 78.4 Å². The Labute approximate surface area is 155 Å². The summed E-state index contributed by atoms with van der Waals surface area (Å²) in [5.41, 5.74) is 5.84. The first kappa shape index (κ1) is 17.9. The highest BCUT2D eigenvalue weighted by atomic mass is 16.2. The molecule has 0 aliphatic rings. The third-order valence-electron chi connectivity index (χ3n) is 4.37. The van der Waals surface area contributed by atoms with Crippen LogP contribution in [0.1, 0.15) is 26.3 Å². The molecule has 0 unspecified atom stereocenters. The maximum atomic E-state index is 12.8. The van der Waals surface area contributed by atoms with Crippen molar-refractivity contribution in [2.24, 2.45) is 5.41 Å². The summed E-state index contributed by atoms with van der Waals surface area (Å²) in [5, 5.41) is 3.20. The predicted octanol–water partition coefficient (Wildman–Crippen LogP) is 6.31. The monoisotopic (exact) mass is 343 g/mol. The number of amides is 1. The Kier molecular flexibility index (Phi) is 4.94. The average molecular weight is 343 g/mol. The molecule has 0 aliphatic heterocycles. The van der Waals surface area contributed by atoms with Crippen molar-refractivity contribution in [2.45, 2.75) is 27.7 Å². The van der Waals surface area contributed by atoms with Crippen LogP contribution in [0.3, 0.4) is 0 Å². The summed E-state index contributed by atoms with van der Waals surface area (Å²) in [6.07, 6.45) is 0. The Morgan fingerprint density at radius 2 is 1.19 bits per heavy atom. The van der Waals surface area contributed by atoms with Gasteiger partial charge in [0.05, 0.1) is 5.69 Å². The SMILES string of the molecule is Cc1cc(-c2ccccc2)c(NC(=O)C(C)(C)C)c(-c2ccccc2)c1. The van der Waals surface area contributed by atoms with Gasteiger partial charge in [0.1, 0.15) is 0 Å². The maximum Gasteiger partial charge on any atom is 0.229 e. The van der Waals surface area contributed by atoms with Crippen LogP contribution in [-0.4, -0.2) is 5.91 Å². The lowest BCUT2D eigenvalue weighted by atomic mass is 9.91. The van der Waals surface area contributed by atoms with Crippen molar-refractivity contribution in [3.8, 4) is 22.3 Å². The van der Waals surface area contributed by atoms with Gasteiger partial charge in [0.2, 0.25) is 5.91 Å². The Morgan fingerprint density at radius 1 is 0.769 bits per heavy atom. The molecule has 0 bridgehead atoms. The van der Waals surface area contributed by atoms with Crippen LogP contribution in [-0.2, 0) is 4.79 Å². The smallest absolute Gasteiger partial charge is 0.229 e. The number of aryl methyl sites for hydroxylation is 1. The summed E-state index contributed by atoms with van der Waals surface area (Å²) in [4.78, 5) is 12.8. The van der Waals surface area contributed by atoms with Crippen LogP contribution in [0, 0.1) is 12.3 Å². The number of anilines is 1. The molecule has 132 valence electrons. The molecule has 2 nitrogen and oxygen atoms in total. The first-order chi connectivity index (χ1) is 12.4. The van der Waals surface area contributed by atoms with E-state index in [4.69, 9.17) is 0 Å². The lowest BCUT2D eigenvalue weighted by molar-refractivity contribution is -0.123. The van der Waals surface area contributed by atoms with E-state index >= 15 is 0 Å². The maximum absolute atomic E-state index is 12.8. The van der Waals surface area contributed by atoms with Crippen molar-refractivity contribution in [1.29, 1.82) is 0 Å². The van der Waals surface area contributed by atoms with Crippen LogP contribution in [0.4, 0.5) is 5.69 Å². The van der Waals surface area contributed by atoms with Crippen LogP contribution >= 0.6 is 0 Å². The molecule has 1 amide bonds. The van der Waals surface area contributed by atoms with Crippen molar-refractivity contribution < 1.29 is 4.79 Å². The number of carbonyl (C=O) groups excluding carboxylic acids is 1. The zero-order valence-corrected chi connectivity index (χ0v) is 15.8. The fraction of sp³-hybridized carbons (Fsp3) is 0.208. The Bertz CT molecular complexity index is 845. The topological polar surface area (TPSA) is 29.1 Å². The quantitative estimate of drug-likeness (QED) is 0.593. The van der Waals surface area contributed by atoms with E-state index in [1.807, 2.05) is 57.2 Å². The largest absolute Gasteiger partial charge is 0.325 e. The van der Waals surface area contributed by atoms with Gasteiger partial charge in [0.25, 0.3) is 0 Å². The molecule has 0 saturated heterocycles. The van der Waals surface area contributed by atoms with Crippen LogP contribution in [0.25, 0.3) is 22.3 Å². The Hall–Kier alpha value is -2.87.